The third-order valence-corrected chi connectivity index (χ3v) is 4.24. The van der Waals surface area contributed by atoms with Crippen molar-refractivity contribution in [1.82, 2.24) is 4.31 Å². The lowest BCUT2D eigenvalue weighted by Crippen LogP contribution is -2.57. The lowest BCUT2D eigenvalue weighted by atomic mass is 9.91. The average Bonchev–Trinajstić information content (AvgIpc) is 2.15. The molecule has 1 atom stereocenters. The summed E-state index contributed by atoms with van der Waals surface area (Å²) in [4.78, 5) is 11.6. The van der Waals surface area contributed by atoms with Gasteiger partial charge in [-0.15, -0.1) is 0 Å². The summed E-state index contributed by atoms with van der Waals surface area (Å²) in [5.41, 5.74) is -1.03. The molecule has 0 aromatic rings. The standard InChI is InChI=1S/C9H17NO4S/c1-9(8(11)14-2)6-4-5-7-10(9)15(3,12)13/h4-7H2,1-3H3. The number of rotatable bonds is 2. The molecular weight excluding hydrogens is 218 g/mol. The van der Waals surface area contributed by atoms with Crippen molar-refractivity contribution in [1.29, 1.82) is 0 Å². The fraction of sp³-hybridized carbons (Fsp3) is 0.889. The summed E-state index contributed by atoms with van der Waals surface area (Å²) >= 11 is 0. The summed E-state index contributed by atoms with van der Waals surface area (Å²) in [5.74, 6) is -0.479. The van der Waals surface area contributed by atoms with Crippen molar-refractivity contribution in [3.8, 4) is 0 Å². The van der Waals surface area contributed by atoms with Crippen LogP contribution in [-0.2, 0) is 19.6 Å². The first-order valence-electron chi connectivity index (χ1n) is 4.88. The molecule has 1 saturated heterocycles. The normalized spacial score (nSPS) is 28.7. The number of nitrogens with zero attached hydrogens (tertiary/aromatic N) is 1. The van der Waals surface area contributed by atoms with Crippen LogP contribution in [0.5, 0.6) is 0 Å². The first-order chi connectivity index (χ1) is 6.82. The smallest absolute Gasteiger partial charge is 0.327 e. The molecule has 0 amide bonds. The van der Waals surface area contributed by atoms with Crippen molar-refractivity contribution in [3.63, 3.8) is 0 Å². The summed E-state index contributed by atoms with van der Waals surface area (Å²) in [6.45, 7) is 2.02. The second kappa shape index (κ2) is 4.09. The maximum atomic E-state index is 11.6. The molecule has 0 aromatic carbocycles. The quantitative estimate of drug-likeness (QED) is 0.648. The molecule has 1 aliphatic heterocycles. The monoisotopic (exact) mass is 235 g/mol. The van der Waals surface area contributed by atoms with E-state index in [0.717, 1.165) is 19.1 Å². The van der Waals surface area contributed by atoms with E-state index in [1.165, 1.54) is 11.4 Å². The number of hydrogen-bond acceptors (Lipinski definition) is 4. The Morgan fingerprint density at radius 3 is 2.47 bits per heavy atom. The number of methoxy groups -OCH3 is 1. The Morgan fingerprint density at radius 2 is 2.00 bits per heavy atom. The molecule has 15 heavy (non-hydrogen) atoms. The molecule has 0 bridgehead atoms. The molecule has 6 heteroatoms. The topological polar surface area (TPSA) is 63.7 Å². The van der Waals surface area contributed by atoms with Gasteiger partial charge in [0.1, 0.15) is 5.54 Å². The summed E-state index contributed by atoms with van der Waals surface area (Å²) in [6, 6.07) is 0. The highest BCUT2D eigenvalue weighted by atomic mass is 32.2. The molecule has 1 fully saturated rings. The zero-order valence-electron chi connectivity index (χ0n) is 9.32. The van der Waals surface area contributed by atoms with Gasteiger partial charge in [0.25, 0.3) is 0 Å². The van der Waals surface area contributed by atoms with Gasteiger partial charge >= 0.3 is 5.97 Å². The van der Waals surface area contributed by atoms with Crippen molar-refractivity contribution in [2.45, 2.75) is 31.7 Å². The predicted octanol–water partition coefficient (Wildman–Crippen LogP) is 0.364. The van der Waals surface area contributed by atoms with Gasteiger partial charge in [0.2, 0.25) is 10.0 Å². The molecule has 0 radical (unpaired) electrons. The minimum Gasteiger partial charge on any atom is -0.468 e. The minimum absolute atomic E-state index is 0.393. The van der Waals surface area contributed by atoms with Crippen molar-refractivity contribution >= 4 is 16.0 Å². The van der Waals surface area contributed by atoms with Gasteiger partial charge in [-0.3, -0.25) is 4.79 Å². The van der Waals surface area contributed by atoms with Gasteiger partial charge in [-0.2, -0.15) is 4.31 Å². The fourth-order valence-electron chi connectivity index (χ4n) is 2.05. The largest absolute Gasteiger partial charge is 0.468 e. The fourth-order valence-corrected chi connectivity index (χ4v) is 3.41. The van der Waals surface area contributed by atoms with Crippen LogP contribution < -0.4 is 0 Å². The van der Waals surface area contributed by atoms with Gasteiger partial charge in [0.05, 0.1) is 13.4 Å². The van der Waals surface area contributed by atoms with Gasteiger partial charge in [-0.05, 0) is 26.2 Å². The van der Waals surface area contributed by atoms with E-state index in [9.17, 15) is 13.2 Å². The number of carbonyl (C=O) groups excluding carboxylic acids is 1. The third-order valence-electron chi connectivity index (χ3n) is 2.85. The van der Waals surface area contributed by atoms with Crippen LogP contribution in [0.25, 0.3) is 0 Å². The van der Waals surface area contributed by atoms with E-state index in [1.54, 1.807) is 6.92 Å². The minimum atomic E-state index is -3.36. The van der Waals surface area contributed by atoms with Crippen LogP contribution in [0.3, 0.4) is 0 Å². The molecule has 0 aromatic heterocycles. The molecule has 1 aliphatic rings. The Kier molecular flexibility index (Phi) is 3.40. The predicted molar refractivity (Wildman–Crippen MR) is 55.8 cm³/mol. The average molecular weight is 235 g/mol. The summed E-state index contributed by atoms with van der Waals surface area (Å²) in [7, 11) is -2.08. The Hall–Kier alpha value is -0.620. The van der Waals surface area contributed by atoms with Crippen molar-refractivity contribution in [2.75, 3.05) is 19.9 Å². The Labute approximate surface area is 90.4 Å². The highest BCUT2D eigenvalue weighted by Gasteiger charge is 2.46. The van der Waals surface area contributed by atoms with Gasteiger partial charge in [0.15, 0.2) is 0 Å². The van der Waals surface area contributed by atoms with Crippen LogP contribution >= 0.6 is 0 Å². The Bertz CT molecular complexity index is 351. The van der Waals surface area contributed by atoms with E-state index < -0.39 is 21.5 Å². The lowest BCUT2D eigenvalue weighted by molar-refractivity contribution is -0.152. The van der Waals surface area contributed by atoms with Crippen molar-refractivity contribution < 1.29 is 17.9 Å². The molecule has 0 saturated carbocycles. The van der Waals surface area contributed by atoms with Gasteiger partial charge in [-0.1, -0.05) is 0 Å². The van der Waals surface area contributed by atoms with Gasteiger partial charge in [0, 0.05) is 6.54 Å². The zero-order valence-corrected chi connectivity index (χ0v) is 10.1. The van der Waals surface area contributed by atoms with Crippen molar-refractivity contribution in [3.05, 3.63) is 0 Å². The molecule has 0 N–H and O–H groups in total. The summed E-state index contributed by atoms with van der Waals surface area (Å²) in [6.07, 6.45) is 3.28. The van der Waals surface area contributed by atoms with E-state index in [0.29, 0.717) is 13.0 Å². The SMILES string of the molecule is COC(=O)C1(C)CCCCN1S(C)(=O)=O. The van der Waals surface area contributed by atoms with Crippen LogP contribution in [-0.4, -0.2) is 44.1 Å². The van der Waals surface area contributed by atoms with Gasteiger partial charge < -0.3 is 4.74 Å². The molecule has 88 valence electrons. The van der Waals surface area contributed by atoms with Crippen LogP contribution in [0, 0.1) is 0 Å². The maximum absolute atomic E-state index is 11.6. The summed E-state index contributed by atoms with van der Waals surface area (Å²) in [5, 5.41) is 0. The van der Waals surface area contributed by atoms with Crippen LogP contribution in [0.1, 0.15) is 26.2 Å². The van der Waals surface area contributed by atoms with Crippen LogP contribution in [0.2, 0.25) is 0 Å². The van der Waals surface area contributed by atoms with Crippen LogP contribution in [0.15, 0.2) is 0 Å². The molecular formula is C9H17NO4S. The zero-order chi connectivity index (χ0) is 11.7. The molecule has 5 nitrogen and oxygen atoms in total. The second-order valence-corrected chi connectivity index (χ2v) is 5.96. The number of esters is 1. The molecule has 0 spiro atoms. The first-order valence-corrected chi connectivity index (χ1v) is 6.73. The van der Waals surface area contributed by atoms with E-state index in [2.05, 4.69) is 4.74 Å². The van der Waals surface area contributed by atoms with E-state index in [4.69, 9.17) is 0 Å². The third kappa shape index (κ3) is 2.31. The molecule has 1 heterocycles. The lowest BCUT2D eigenvalue weighted by Gasteiger charge is -2.40. The van der Waals surface area contributed by atoms with E-state index >= 15 is 0 Å². The second-order valence-electron chi connectivity index (χ2n) is 4.06. The number of carbonyl (C=O) groups is 1. The number of hydrogen-bond donors (Lipinski definition) is 0. The van der Waals surface area contributed by atoms with E-state index in [1.807, 2.05) is 0 Å². The van der Waals surface area contributed by atoms with Gasteiger partial charge in [-0.25, -0.2) is 8.42 Å². The Balaban J connectivity index is 3.07. The molecule has 1 rings (SSSR count). The number of piperidine rings is 1. The number of ether oxygens (including phenoxy) is 1. The number of sulfonamides is 1. The molecule has 0 aliphatic carbocycles. The maximum Gasteiger partial charge on any atom is 0.327 e. The molecule has 1 unspecified atom stereocenters. The summed E-state index contributed by atoms with van der Waals surface area (Å²) < 4.78 is 29.0. The first kappa shape index (κ1) is 12.4. The Morgan fingerprint density at radius 1 is 1.40 bits per heavy atom. The van der Waals surface area contributed by atoms with Crippen LogP contribution in [0.4, 0.5) is 0 Å². The highest BCUT2D eigenvalue weighted by molar-refractivity contribution is 7.88. The highest BCUT2D eigenvalue weighted by Crippen LogP contribution is 2.30. The van der Waals surface area contributed by atoms with Crippen molar-refractivity contribution in [2.24, 2.45) is 0 Å². The van der Waals surface area contributed by atoms with E-state index in [-0.39, 0.29) is 0 Å².